The van der Waals surface area contributed by atoms with Gasteiger partial charge in [-0.05, 0) is 49.9 Å². The molecule has 11 heteroatoms. The van der Waals surface area contributed by atoms with Gasteiger partial charge in [-0.2, -0.15) is 0 Å². The van der Waals surface area contributed by atoms with E-state index in [2.05, 4.69) is 20.0 Å². The van der Waals surface area contributed by atoms with E-state index in [0.717, 1.165) is 25.0 Å². The molecule has 1 aromatic heterocycles. The Morgan fingerprint density at radius 3 is 2.50 bits per heavy atom. The number of rotatable bonds is 10. The second-order valence-electron chi connectivity index (χ2n) is 7.64. The number of carbonyl (C=O) groups excluding carboxylic acids is 1. The van der Waals surface area contributed by atoms with E-state index in [0.29, 0.717) is 5.56 Å². The Balaban J connectivity index is 1.81. The Hall–Kier alpha value is -2.92. The van der Waals surface area contributed by atoms with Crippen LogP contribution in [0.3, 0.4) is 0 Å². The zero-order valence-electron chi connectivity index (χ0n) is 17.6. The summed E-state index contributed by atoms with van der Waals surface area (Å²) in [5.41, 5.74) is -0.495. The number of aliphatic hydroxyl groups is 1. The number of nitrogens with one attached hydrogen (secondary N) is 1. The normalized spacial score (nSPS) is 15.7. The summed E-state index contributed by atoms with van der Waals surface area (Å²) in [7, 11) is 1.50. The number of alkyl halides is 3. The molecule has 1 amide bonds. The lowest BCUT2D eigenvalue weighted by Crippen LogP contribution is -2.42. The third-order valence-corrected chi connectivity index (χ3v) is 4.92. The van der Waals surface area contributed by atoms with Gasteiger partial charge in [-0.15, -0.1) is 13.2 Å². The zero-order valence-corrected chi connectivity index (χ0v) is 17.6. The van der Waals surface area contributed by atoms with Crippen molar-refractivity contribution in [1.29, 1.82) is 0 Å². The van der Waals surface area contributed by atoms with Crippen molar-refractivity contribution in [3.63, 3.8) is 0 Å². The minimum Gasteiger partial charge on any atom is -0.474 e. The molecule has 0 bridgehead atoms. The molecule has 0 aliphatic heterocycles. The molecule has 0 unspecified atom stereocenters. The van der Waals surface area contributed by atoms with Gasteiger partial charge in [0.25, 0.3) is 5.91 Å². The SMILES string of the molecule is COCCOc1ncc(C(=O)NC[C@](C)(O)C2CC2)nc1-c1ccc(OC(F)(F)F)cc1. The Morgan fingerprint density at radius 1 is 1.22 bits per heavy atom. The summed E-state index contributed by atoms with van der Waals surface area (Å²) in [5.74, 6) is -0.695. The molecule has 32 heavy (non-hydrogen) atoms. The van der Waals surface area contributed by atoms with E-state index in [1.165, 1.54) is 25.4 Å². The predicted molar refractivity (Wildman–Crippen MR) is 107 cm³/mol. The molecule has 1 heterocycles. The van der Waals surface area contributed by atoms with Crippen molar-refractivity contribution in [2.24, 2.45) is 5.92 Å². The number of halogens is 3. The molecule has 1 aromatic carbocycles. The Morgan fingerprint density at radius 2 is 1.91 bits per heavy atom. The number of methoxy groups -OCH3 is 1. The minimum atomic E-state index is -4.81. The number of aromatic nitrogens is 2. The van der Waals surface area contributed by atoms with Crippen molar-refractivity contribution in [3.8, 4) is 22.9 Å². The van der Waals surface area contributed by atoms with Gasteiger partial charge < -0.3 is 24.6 Å². The lowest BCUT2D eigenvalue weighted by Gasteiger charge is -2.23. The van der Waals surface area contributed by atoms with Crippen LogP contribution >= 0.6 is 0 Å². The molecule has 174 valence electrons. The van der Waals surface area contributed by atoms with Gasteiger partial charge in [-0.25, -0.2) is 9.97 Å². The second-order valence-corrected chi connectivity index (χ2v) is 7.64. The third kappa shape index (κ3) is 6.54. The molecule has 8 nitrogen and oxygen atoms in total. The van der Waals surface area contributed by atoms with Gasteiger partial charge in [-0.3, -0.25) is 4.79 Å². The number of hydrogen-bond donors (Lipinski definition) is 2. The summed E-state index contributed by atoms with van der Waals surface area (Å²) in [5, 5.41) is 13.0. The van der Waals surface area contributed by atoms with E-state index >= 15 is 0 Å². The topological polar surface area (TPSA) is 103 Å². The monoisotopic (exact) mass is 455 g/mol. The molecule has 1 saturated carbocycles. The van der Waals surface area contributed by atoms with Crippen LogP contribution in [0.5, 0.6) is 11.6 Å². The molecule has 0 radical (unpaired) electrons. The number of ether oxygens (including phenoxy) is 3. The molecular formula is C21H24F3N3O5. The van der Waals surface area contributed by atoms with Crippen LogP contribution in [0.2, 0.25) is 0 Å². The highest BCUT2D eigenvalue weighted by Crippen LogP contribution is 2.39. The third-order valence-electron chi connectivity index (χ3n) is 4.92. The molecule has 0 saturated heterocycles. The first-order valence-electron chi connectivity index (χ1n) is 9.94. The first kappa shape index (κ1) is 23.7. The van der Waals surface area contributed by atoms with Gasteiger partial charge in [0.05, 0.1) is 18.4 Å². The predicted octanol–water partition coefficient (Wildman–Crippen LogP) is 2.96. The number of nitrogens with zero attached hydrogens (tertiary/aromatic N) is 2. The molecule has 0 spiro atoms. The van der Waals surface area contributed by atoms with Crippen molar-refractivity contribution in [2.75, 3.05) is 26.9 Å². The summed E-state index contributed by atoms with van der Waals surface area (Å²) in [6.45, 7) is 2.16. The highest BCUT2D eigenvalue weighted by Gasteiger charge is 2.40. The summed E-state index contributed by atoms with van der Waals surface area (Å²) in [4.78, 5) is 21.0. The lowest BCUT2D eigenvalue weighted by molar-refractivity contribution is -0.274. The van der Waals surface area contributed by atoms with E-state index in [-0.39, 0.29) is 42.9 Å². The number of amides is 1. The summed E-state index contributed by atoms with van der Waals surface area (Å²) in [6.07, 6.45) is -1.76. The van der Waals surface area contributed by atoms with Gasteiger partial charge in [0.15, 0.2) is 0 Å². The highest BCUT2D eigenvalue weighted by atomic mass is 19.4. The summed E-state index contributed by atoms with van der Waals surface area (Å²) < 4.78 is 51.6. The van der Waals surface area contributed by atoms with E-state index in [4.69, 9.17) is 9.47 Å². The minimum absolute atomic E-state index is 0.0266. The Labute approximate surface area is 182 Å². The van der Waals surface area contributed by atoms with Crippen molar-refractivity contribution in [3.05, 3.63) is 36.2 Å². The second kappa shape index (κ2) is 9.70. The smallest absolute Gasteiger partial charge is 0.474 e. The van der Waals surface area contributed by atoms with Crippen molar-refractivity contribution >= 4 is 5.91 Å². The Bertz CT molecular complexity index is 931. The molecule has 1 fully saturated rings. The van der Waals surface area contributed by atoms with Crippen LogP contribution in [0.15, 0.2) is 30.5 Å². The number of carbonyl (C=O) groups is 1. The fourth-order valence-corrected chi connectivity index (χ4v) is 3.02. The quantitative estimate of drug-likeness (QED) is 0.531. The summed E-state index contributed by atoms with van der Waals surface area (Å²) >= 11 is 0. The van der Waals surface area contributed by atoms with Crippen LogP contribution in [0.4, 0.5) is 13.2 Å². The molecule has 3 rings (SSSR count). The number of benzene rings is 1. The van der Waals surface area contributed by atoms with E-state index in [1.54, 1.807) is 6.92 Å². The number of hydrogen-bond acceptors (Lipinski definition) is 7. The van der Waals surface area contributed by atoms with E-state index in [1.807, 2.05) is 0 Å². The van der Waals surface area contributed by atoms with Crippen LogP contribution in [-0.2, 0) is 4.74 Å². The van der Waals surface area contributed by atoms with Crippen LogP contribution in [0.25, 0.3) is 11.3 Å². The van der Waals surface area contributed by atoms with Gasteiger partial charge in [0, 0.05) is 19.2 Å². The van der Waals surface area contributed by atoms with E-state index < -0.39 is 23.6 Å². The maximum absolute atomic E-state index is 12.6. The van der Waals surface area contributed by atoms with Crippen LogP contribution in [-0.4, -0.2) is 59.8 Å². The fraction of sp³-hybridized carbons (Fsp3) is 0.476. The van der Waals surface area contributed by atoms with Crippen molar-refractivity contribution in [1.82, 2.24) is 15.3 Å². The van der Waals surface area contributed by atoms with Gasteiger partial charge in [0.1, 0.15) is 23.7 Å². The van der Waals surface area contributed by atoms with Crippen LogP contribution in [0, 0.1) is 5.92 Å². The maximum Gasteiger partial charge on any atom is 0.573 e. The largest absolute Gasteiger partial charge is 0.573 e. The standard InChI is InChI=1S/C21H24F3N3O5/c1-20(29,14-5-6-14)12-26-18(28)16-11-25-19(31-10-9-30-2)17(27-16)13-3-7-15(8-4-13)32-21(22,23)24/h3-4,7-8,11,14,29H,5-6,9-10,12H2,1-2H3,(H,26,28)/t20-/m0/s1. The lowest BCUT2D eigenvalue weighted by atomic mass is 10.0. The summed E-state index contributed by atoms with van der Waals surface area (Å²) in [6, 6.07) is 4.97. The van der Waals surface area contributed by atoms with Crippen molar-refractivity contribution < 1.29 is 37.3 Å². The average molecular weight is 455 g/mol. The molecule has 1 aliphatic carbocycles. The van der Waals surface area contributed by atoms with Crippen LogP contribution in [0.1, 0.15) is 30.3 Å². The Kier molecular flexibility index (Phi) is 7.19. The molecule has 2 aromatic rings. The van der Waals surface area contributed by atoms with Crippen LogP contribution < -0.4 is 14.8 Å². The van der Waals surface area contributed by atoms with Gasteiger partial charge in [-0.1, -0.05) is 0 Å². The van der Waals surface area contributed by atoms with Gasteiger partial charge in [0.2, 0.25) is 5.88 Å². The maximum atomic E-state index is 12.6. The fourth-order valence-electron chi connectivity index (χ4n) is 3.02. The molecular weight excluding hydrogens is 431 g/mol. The first-order valence-corrected chi connectivity index (χ1v) is 9.94. The molecule has 2 N–H and O–H groups in total. The molecule has 1 aliphatic rings. The first-order chi connectivity index (χ1) is 15.1. The molecule has 1 atom stereocenters. The average Bonchev–Trinajstić information content (AvgIpc) is 3.58. The van der Waals surface area contributed by atoms with E-state index in [9.17, 15) is 23.1 Å². The van der Waals surface area contributed by atoms with Gasteiger partial charge >= 0.3 is 6.36 Å². The zero-order chi connectivity index (χ0) is 23.4. The van der Waals surface area contributed by atoms with Crippen molar-refractivity contribution in [2.45, 2.75) is 31.7 Å². The highest BCUT2D eigenvalue weighted by molar-refractivity contribution is 5.92.